The van der Waals surface area contributed by atoms with E-state index >= 15 is 0 Å². The number of hydrogen-bond donors (Lipinski definition) is 1. The fraction of sp³-hybridized carbons (Fsp3) is 0.143. The molecule has 142 valence electrons. The number of fused-ring (bicyclic) bond motifs is 1. The van der Waals surface area contributed by atoms with Crippen LogP contribution in [0.5, 0.6) is 11.5 Å². The van der Waals surface area contributed by atoms with E-state index in [1.165, 1.54) is 11.3 Å². The van der Waals surface area contributed by atoms with Crippen molar-refractivity contribution in [3.05, 3.63) is 65.3 Å². The van der Waals surface area contributed by atoms with Crippen molar-refractivity contribution in [3.8, 4) is 22.8 Å². The Kier molecular flexibility index (Phi) is 4.75. The Hall–Kier alpha value is -3.32. The Morgan fingerprint density at radius 1 is 1.11 bits per heavy atom. The molecular formula is C21H19N3O3S. The lowest BCUT2D eigenvalue weighted by Crippen LogP contribution is -2.14. The fourth-order valence-corrected chi connectivity index (χ4v) is 3.81. The second-order valence-electron chi connectivity index (χ2n) is 6.29. The molecule has 0 spiro atoms. The quantitative estimate of drug-likeness (QED) is 0.536. The van der Waals surface area contributed by atoms with E-state index in [4.69, 9.17) is 9.47 Å². The maximum atomic E-state index is 12.9. The van der Waals surface area contributed by atoms with E-state index in [0.29, 0.717) is 17.1 Å². The van der Waals surface area contributed by atoms with E-state index in [9.17, 15) is 4.79 Å². The lowest BCUT2D eigenvalue weighted by molar-refractivity contribution is 0.102. The van der Waals surface area contributed by atoms with Gasteiger partial charge in [-0.2, -0.15) is 0 Å². The van der Waals surface area contributed by atoms with Crippen LogP contribution in [0.2, 0.25) is 0 Å². The largest absolute Gasteiger partial charge is 0.497 e. The number of carbonyl (C=O) groups excluding carboxylic acids is 1. The number of nitrogens with zero attached hydrogens (tertiary/aromatic N) is 2. The van der Waals surface area contributed by atoms with Crippen molar-refractivity contribution in [2.24, 2.45) is 0 Å². The molecule has 2 heterocycles. The zero-order valence-corrected chi connectivity index (χ0v) is 16.5. The van der Waals surface area contributed by atoms with E-state index in [2.05, 4.69) is 10.3 Å². The predicted octanol–water partition coefficient (Wildman–Crippen LogP) is 4.64. The summed E-state index contributed by atoms with van der Waals surface area (Å²) in [4.78, 5) is 18.3. The first-order valence-electron chi connectivity index (χ1n) is 8.66. The van der Waals surface area contributed by atoms with Gasteiger partial charge in [0.15, 0.2) is 4.96 Å². The third-order valence-corrected chi connectivity index (χ3v) is 5.27. The molecular weight excluding hydrogens is 374 g/mol. The van der Waals surface area contributed by atoms with Crippen molar-refractivity contribution in [3.63, 3.8) is 0 Å². The van der Waals surface area contributed by atoms with Gasteiger partial charge in [-0.1, -0.05) is 6.07 Å². The van der Waals surface area contributed by atoms with E-state index in [1.807, 2.05) is 60.0 Å². The molecule has 4 aromatic rings. The first-order chi connectivity index (χ1) is 13.6. The topological polar surface area (TPSA) is 64.9 Å². The summed E-state index contributed by atoms with van der Waals surface area (Å²) in [6.07, 6.45) is 1.87. The molecule has 0 radical (unpaired) electrons. The van der Waals surface area contributed by atoms with Crippen LogP contribution in [0.3, 0.4) is 0 Å². The van der Waals surface area contributed by atoms with Crippen LogP contribution in [0, 0.1) is 6.92 Å². The molecule has 0 bridgehead atoms. The Balaban J connectivity index is 1.65. The van der Waals surface area contributed by atoms with Crippen LogP contribution < -0.4 is 14.8 Å². The lowest BCUT2D eigenvalue weighted by atomic mass is 10.2. The van der Waals surface area contributed by atoms with Crippen molar-refractivity contribution >= 4 is 27.9 Å². The number of hydrogen-bond acceptors (Lipinski definition) is 5. The molecule has 4 rings (SSSR count). The monoisotopic (exact) mass is 393 g/mol. The summed E-state index contributed by atoms with van der Waals surface area (Å²) in [5.74, 6) is 1.20. The van der Waals surface area contributed by atoms with Crippen molar-refractivity contribution in [1.29, 1.82) is 0 Å². The summed E-state index contributed by atoms with van der Waals surface area (Å²) in [6.45, 7) is 1.97. The molecule has 2 aromatic carbocycles. The maximum Gasteiger partial charge on any atom is 0.273 e. The van der Waals surface area contributed by atoms with Gasteiger partial charge in [0.25, 0.3) is 5.91 Å². The van der Waals surface area contributed by atoms with Crippen LogP contribution in [-0.4, -0.2) is 29.5 Å². The number of ether oxygens (including phenoxy) is 2. The number of amides is 1. The first kappa shape index (κ1) is 18.1. The Bertz CT molecular complexity index is 1150. The maximum absolute atomic E-state index is 12.9. The molecule has 6 nitrogen and oxygen atoms in total. The second kappa shape index (κ2) is 7.36. The summed E-state index contributed by atoms with van der Waals surface area (Å²) in [5.41, 5.74) is 3.97. The standard InChI is InChI=1S/C21H19N3O3S/c1-13-4-9-19(27-3)16(10-13)22-20(25)18-12-28-21-23-17(11-24(18)21)14-5-7-15(26-2)8-6-14/h4-12H,1-3H3,(H,22,25). The highest BCUT2D eigenvalue weighted by molar-refractivity contribution is 7.15. The van der Waals surface area contributed by atoms with E-state index in [0.717, 1.165) is 27.5 Å². The summed E-state index contributed by atoms with van der Waals surface area (Å²) >= 11 is 1.42. The highest BCUT2D eigenvalue weighted by Gasteiger charge is 2.17. The zero-order chi connectivity index (χ0) is 19.7. The van der Waals surface area contributed by atoms with Crippen LogP contribution in [0.15, 0.2) is 54.0 Å². The number of imidazole rings is 1. The molecule has 0 aliphatic heterocycles. The first-order valence-corrected chi connectivity index (χ1v) is 9.54. The number of methoxy groups -OCH3 is 2. The number of aromatic nitrogens is 2. The third kappa shape index (κ3) is 3.32. The van der Waals surface area contributed by atoms with Crippen LogP contribution in [-0.2, 0) is 0 Å². The highest BCUT2D eigenvalue weighted by Crippen LogP contribution is 2.28. The van der Waals surface area contributed by atoms with Gasteiger partial charge in [0.2, 0.25) is 0 Å². The molecule has 0 aliphatic rings. The average molecular weight is 393 g/mol. The number of carbonyl (C=O) groups is 1. The molecule has 7 heteroatoms. The summed E-state index contributed by atoms with van der Waals surface area (Å²) in [6, 6.07) is 13.3. The minimum absolute atomic E-state index is 0.214. The summed E-state index contributed by atoms with van der Waals surface area (Å²) < 4.78 is 12.3. The van der Waals surface area contributed by atoms with Crippen LogP contribution in [0.25, 0.3) is 16.2 Å². The van der Waals surface area contributed by atoms with Gasteiger partial charge < -0.3 is 14.8 Å². The molecule has 0 saturated carbocycles. The summed E-state index contributed by atoms with van der Waals surface area (Å²) in [7, 11) is 3.22. The SMILES string of the molecule is COc1ccc(-c2cn3c(C(=O)Nc4cc(C)ccc4OC)csc3n2)cc1. The Morgan fingerprint density at radius 2 is 1.89 bits per heavy atom. The molecule has 0 saturated heterocycles. The minimum Gasteiger partial charge on any atom is -0.497 e. The lowest BCUT2D eigenvalue weighted by Gasteiger charge is -2.10. The van der Waals surface area contributed by atoms with Gasteiger partial charge >= 0.3 is 0 Å². The predicted molar refractivity (Wildman–Crippen MR) is 111 cm³/mol. The van der Waals surface area contributed by atoms with Crippen molar-refractivity contribution in [1.82, 2.24) is 9.38 Å². The van der Waals surface area contributed by atoms with Gasteiger partial charge in [-0.05, 0) is 48.9 Å². The molecule has 0 aliphatic carbocycles. The molecule has 28 heavy (non-hydrogen) atoms. The molecule has 0 fully saturated rings. The molecule has 1 N–H and O–H groups in total. The van der Waals surface area contributed by atoms with E-state index in [1.54, 1.807) is 19.6 Å². The number of anilines is 1. The number of aryl methyl sites for hydroxylation is 1. The smallest absolute Gasteiger partial charge is 0.273 e. The number of benzene rings is 2. The van der Waals surface area contributed by atoms with Crippen LogP contribution >= 0.6 is 11.3 Å². The number of rotatable bonds is 5. The van der Waals surface area contributed by atoms with Gasteiger partial charge in [-0.25, -0.2) is 4.98 Å². The minimum atomic E-state index is -0.214. The van der Waals surface area contributed by atoms with Gasteiger partial charge in [0, 0.05) is 17.1 Å². The Morgan fingerprint density at radius 3 is 2.61 bits per heavy atom. The second-order valence-corrected chi connectivity index (χ2v) is 7.12. The third-order valence-electron chi connectivity index (χ3n) is 4.43. The normalized spacial score (nSPS) is 10.8. The van der Waals surface area contributed by atoms with Gasteiger partial charge in [-0.15, -0.1) is 11.3 Å². The van der Waals surface area contributed by atoms with E-state index < -0.39 is 0 Å². The zero-order valence-electron chi connectivity index (χ0n) is 15.7. The average Bonchev–Trinajstić information content (AvgIpc) is 3.29. The van der Waals surface area contributed by atoms with Crippen LogP contribution in [0.1, 0.15) is 16.1 Å². The Labute approximate surface area is 166 Å². The fourth-order valence-electron chi connectivity index (χ4n) is 2.95. The van der Waals surface area contributed by atoms with Crippen molar-refractivity contribution in [2.45, 2.75) is 6.92 Å². The summed E-state index contributed by atoms with van der Waals surface area (Å²) in [5, 5.41) is 4.74. The highest BCUT2D eigenvalue weighted by atomic mass is 32.1. The van der Waals surface area contributed by atoms with Crippen LogP contribution in [0.4, 0.5) is 5.69 Å². The number of thiazole rings is 1. The van der Waals surface area contributed by atoms with Gasteiger partial charge in [0.1, 0.15) is 17.2 Å². The van der Waals surface area contributed by atoms with Crippen molar-refractivity contribution in [2.75, 3.05) is 19.5 Å². The van der Waals surface area contributed by atoms with E-state index in [-0.39, 0.29) is 5.91 Å². The molecule has 0 unspecified atom stereocenters. The number of nitrogens with one attached hydrogen (secondary N) is 1. The van der Waals surface area contributed by atoms with Gasteiger partial charge in [0.05, 0.1) is 25.6 Å². The van der Waals surface area contributed by atoms with Crippen molar-refractivity contribution < 1.29 is 14.3 Å². The van der Waals surface area contributed by atoms with Gasteiger partial charge in [-0.3, -0.25) is 9.20 Å². The molecule has 1 amide bonds. The molecule has 0 atom stereocenters. The molecule has 2 aromatic heterocycles.